The van der Waals surface area contributed by atoms with Crippen molar-refractivity contribution in [3.63, 3.8) is 0 Å². The summed E-state index contributed by atoms with van der Waals surface area (Å²) in [6.45, 7) is 0. The third-order valence-electron chi connectivity index (χ3n) is 1.77. The molecule has 2 heteroatoms. The summed E-state index contributed by atoms with van der Waals surface area (Å²) in [7, 11) is 1.66. The molecule has 0 aliphatic heterocycles. The van der Waals surface area contributed by atoms with E-state index in [1.807, 2.05) is 24.3 Å². The number of methoxy groups -OCH3 is 1. The van der Waals surface area contributed by atoms with Gasteiger partial charge in [0.15, 0.2) is 0 Å². The van der Waals surface area contributed by atoms with Crippen molar-refractivity contribution in [3.8, 4) is 5.75 Å². The highest BCUT2D eigenvalue weighted by molar-refractivity contribution is 5.84. The van der Waals surface area contributed by atoms with Crippen molar-refractivity contribution >= 4 is 10.9 Å². The first-order valence-corrected chi connectivity index (χ1v) is 3.71. The third-order valence-corrected chi connectivity index (χ3v) is 1.77. The lowest BCUT2D eigenvalue weighted by Crippen LogP contribution is -1.85. The predicted octanol–water partition coefficient (Wildman–Crippen LogP) is 2.04. The molecule has 0 spiro atoms. The Morgan fingerprint density at radius 2 is 2.25 bits per heavy atom. The second kappa shape index (κ2) is 2.81. The number of rotatable bonds is 1. The van der Waals surface area contributed by atoms with Gasteiger partial charge in [0.1, 0.15) is 5.75 Å². The lowest BCUT2D eigenvalue weighted by Gasteiger charge is -2.02. The molecule has 1 heterocycles. The molecule has 0 aliphatic rings. The Bertz CT molecular complexity index is 392. The highest BCUT2D eigenvalue weighted by Gasteiger charge is 1.98. The number of pyridine rings is 1. The van der Waals surface area contributed by atoms with Gasteiger partial charge in [-0.25, -0.2) is 4.98 Å². The molecule has 0 saturated heterocycles. The van der Waals surface area contributed by atoms with Crippen molar-refractivity contribution < 1.29 is 4.74 Å². The van der Waals surface area contributed by atoms with Gasteiger partial charge in [0, 0.05) is 5.39 Å². The number of fused-ring (bicyclic) bond motifs is 1. The minimum absolute atomic E-state index is 0.856. The summed E-state index contributed by atoms with van der Waals surface area (Å²) in [5.74, 6) is 0.856. The first kappa shape index (κ1) is 7.10. The monoisotopic (exact) mass is 158 g/mol. The average molecular weight is 158 g/mol. The average Bonchev–Trinajstić information content (AvgIpc) is 2.17. The molecule has 0 N–H and O–H groups in total. The Kier molecular flexibility index (Phi) is 1.67. The first-order valence-electron chi connectivity index (χ1n) is 3.71. The number of nitrogens with zero attached hydrogens (tertiary/aromatic N) is 1. The van der Waals surface area contributed by atoms with Crippen LogP contribution in [-0.2, 0) is 0 Å². The summed E-state index contributed by atoms with van der Waals surface area (Å²) < 4.78 is 5.17. The van der Waals surface area contributed by atoms with Crippen LogP contribution in [0.15, 0.2) is 30.3 Å². The molecule has 1 aromatic carbocycles. The lowest BCUT2D eigenvalue weighted by molar-refractivity contribution is 0.420. The van der Waals surface area contributed by atoms with E-state index < -0.39 is 0 Å². The van der Waals surface area contributed by atoms with Crippen molar-refractivity contribution in [2.24, 2.45) is 0 Å². The molecule has 0 unspecified atom stereocenters. The first-order chi connectivity index (χ1) is 5.92. The summed E-state index contributed by atoms with van der Waals surface area (Å²) >= 11 is 0. The fraction of sp³-hybridized carbons (Fsp3) is 0.100. The van der Waals surface area contributed by atoms with Crippen molar-refractivity contribution in [3.05, 3.63) is 36.5 Å². The molecule has 2 rings (SSSR count). The molecule has 1 radical (unpaired) electrons. The van der Waals surface area contributed by atoms with Crippen LogP contribution in [0.4, 0.5) is 0 Å². The largest absolute Gasteiger partial charge is 0.496 e. The van der Waals surface area contributed by atoms with Gasteiger partial charge >= 0.3 is 0 Å². The van der Waals surface area contributed by atoms with Crippen LogP contribution in [0.5, 0.6) is 5.75 Å². The Balaban J connectivity index is 2.79. The molecule has 0 saturated carbocycles. The third kappa shape index (κ3) is 1.01. The van der Waals surface area contributed by atoms with Crippen LogP contribution in [0, 0.1) is 6.20 Å². The van der Waals surface area contributed by atoms with Crippen LogP contribution >= 0.6 is 0 Å². The number of ether oxygens (including phenoxy) is 1. The number of hydrogen-bond acceptors (Lipinski definition) is 2. The fourth-order valence-corrected chi connectivity index (χ4v) is 1.20. The maximum Gasteiger partial charge on any atom is 0.128 e. The van der Waals surface area contributed by atoms with E-state index in [9.17, 15) is 0 Å². The van der Waals surface area contributed by atoms with E-state index in [1.165, 1.54) is 0 Å². The normalized spacial score (nSPS) is 10.1. The SMILES string of the molecule is COc1cccc2n[c]ccc12. The Hall–Kier alpha value is -1.57. The van der Waals surface area contributed by atoms with Crippen LogP contribution < -0.4 is 4.74 Å². The van der Waals surface area contributed by atoms with Crippen LogP contribution in [-0.4, -0.2) is 12.1 Å². The van der Waals surface area contributed by atoms with Gasteiger partial charge in [-0.1, -0.05) is 6.07 Å². The van der Waals surface area contributed by atoms with E-state index in [1.54, 1.807) is 13.2 Å². The molecule has 59 valence electrons. The zero-order valence-corrected chi connectivity index (χ0v) is 6.74. The topological polar surface area (TPSA) is 22.1 Å². The van der Waals surface area contributed by atoms with Crippen molar-refractivity contribution in [2.75, 3.05) is 7.11 Å². The fourth-order valence-electron chi connectivity index (χ4n) is 1.20. The van der Waals surface area contributed by atoms with E-state index >= 15 is 0 Å². The molecule has 0 bridgehead atoms. The van der Waals surface area contributed by atoms with Gasteiger partial charge in [-0.3, -0.25) is 0 Å². The van der Waals surface area contributed by atoms with Crippen molar-refractivity contribution in [1.29, 1.82) is 0 Å². The minimum atomic E-state index is 0.856. The number of benzene rings is 1. The second-order valence-electron chi connectivity index (χ2n) is 2.47. The van der Waals surface area contributed by atoms with Gasteiger partial charge in [-0.2, -0.15) is 0 Å². The smallest absolute Gasteiger partial charge is 0.128 e. The Morgan fingerprint density at radius 1 is 1.33 bits per heavy atom. The minimum Gasteiger partial charge on any atom is -0.496 e. The molecule has 1 aromatic heterocycles. The van der Waals surface area contributed by atoms with Gasteiger partial charge in [0.2, 0.25) is 0 Å². The molecule has 2 aromatic rings. The molecular weight excluding hydrogens is 150 g/mol. The van der Waals surface area contributed by atoms with Gasteiger partial charge in [-0.15, -0.1) is 0 Å². The van der Waals surface area contributed by atoms with E-state index in [4.69, 9.17) is 4.74 Å². The predicted molar refractivity (Wildman–Crippen MR) is 47.1 cm³/mol. The van der Waals surface area contributed by atoms with Crippen LogP contribution in [0.25, 0.3) is 10.9 Å². The van der Waals surface area contributed by atoms with Crippen LogP contribution in [0.2, 0.25) is 0 Å². The van der Waals surface area contributed by atoms with Crippen molar-refractivity contribution in [2.45, 2.75) is 0 Å². The van der Waals surface area contributed by atoms with Crippen molar-refractivity contribution in [1.82, 2.24) is 4.98 Å². The summed E-state index contributed by atoms with van der Waals surface area (Å²) in [4.78, 5) is 4.08. The molecular formula is C10H8NO. The number of aromatic nitrogens is 1. The molecule has 0 amide bonds. The molecule has 0 fully saturated rings. The maximum atomic E-state index is 5.17. The van der Waals surface area contributed by atoms with Gasteiger partial charge < -0.3 is 4.74 Å². The van der Waals surface area contributed by atoms with Gasteiger partial charge in [0.25, 0.3) is 0 Å². The highest BCUT2D eigenvalue weighted by atomic mass is 16.5. The summed E-state index contributed by atoms with van der Waals surface area (Å²) in [5.41, 5.74) is 0.914. The zero-order chi connectivity index (χ0) is 8.39. The quantitative estimate of drug-likeness (QED) is 0.633. The Morgan fingerprint density at radius 3 is 3.08 bits per heavy atom. The lowest BCUT2D eigenvalue weighted by atomic mass is 10.2. The summed E-state index contributed by atoms with van der Waals surface area (Å²) in [5, 5.41) is 1.03. The number of hydrogen-bond donors (Lipinski definition) is 0. The molecule has 0 aliphatic carbocycles. The summed E-state index contributed by atoms with van der Waals surface area (Å²) in [6.07, 6.45) is 2.78. The van der Waals surface area contributed by atoms with Gasteiger partial charge in [0.05, 0.1) is 18.8 Å². The van der Waals surface area contributed by atoms with Crippen LogP contribution in [0.1, 0.15) is 0 Å². The second-order valence-corrected chi connectivity index (χ2v) is 2.47. The summed E-state index contributed by atoms with van der Waals surface area (Å²) in [6, 6.07) is 9.51. The maximum absolute atomic E-state index is 5.17. The van der Waals surface area contributed by atoms with E-state index in [0.29, 0.717) is 0 Å². The van der Waals surface area contributed by atoms with Gasteiger partial charge in [-0.05, 0) is 24.3 Å². The van der Waals surface area contributed by atoms with E-state index in [-0.39, 0.29) is 0 Å². The van der Waals surface area contributed by atoms with E-state index in [0.717, 1.165) is 16.7 Å². The Labute approximate surface area is 70.8 Å². The molecule has 12 heavy (non-hydrogen) atoms. The van der Waals surface area contributed by atoms with E-state index in [2.05, 4.69) is 11.2 Å². The molecule has 2 nitrogen and oxygen atoms in total. The van der Waals surface area contributed by atoms with Crippen LogP contribution in [0.3, 0.4) is 0 Å². The standard InChI is InChI=1S/C10H8NO/c1-12-10-6-2-5-9-8(10)4-3-7-11-9/h2-6H,1H3. The molecule has 0 atom stereocenters. The zero-order valence-electron chi connectivity index (χ0n) is 6.74. The highest BCUT2D eigenvalue weighted by Crippen LogP contribution is 2.22.